The van der Waals surface area contributed by atoms with Gasteiger partial charge in [0.05, 0.1) is 0 Å². The van der Waals surface area contributed by atoms with Crippen LogP contribution in [0.25, 0.3) is 0 Å². The molecule has 0 aliphatic heterocycles. The van der Waals surface area contributed by atoms with Gasteiger partial charge in [-0.1, -0.05) is 366 Å². The number of allylic oxidation sites excluding steroid dienone is 4. The van der Waals surface area contributed by atoms with Gasteiger partial charge in [0.25, 0.3) is 0 Å². The molecular weight excluding hydrogens is 985 g/mol. The van der Waals surface area contributed by atoms with Gasteiger partial charge in [-0.25, -0.2) is 0 Å². The lowest BCUT2D eigenvalue weighted by atomic mass is 10.0. The number of carbonyl (C=O) groups excluding carboxylic acids is 3. The van der Waals surface area contributed by atoms with Crippen LogP contribution in [0.3, 0.4) is 0 Å². The molecule has 0 radical (unpaired) electrons. The second kappa shape index (κ2) is 69.4. The Labute approximate surface area is 500 Å². The number of hydrogen-bond donors (Lipinski definition) is 0. The molecule has 0 rings (SSSR count). The number of ether oxygens (including phenoxy) is 3. The van der Waals surface area contributed by atoms with Crippen LogP contribution < -0.4 is 0 Å². The number of hydrogen-bond acceptors (Lipinski definition) is 6. The summed E-state index contributed by atoms with van der Waals surface area (Å²) in [4.78, 5) is 38.5. The van der Waals surface area contributed by atoms with Crippen LogP contribution in [0.2, 0.25) is 0 Å². The summed E-state index contributed by atoms with van der Waals surface area (Å²) >= 11 is 0. The van der Waals surface area contributed by atoms with Crippen LogP contribution in [-0.4, -0.2) is 37.2 Å². The summed E-state index contributed by atoms with van der Waals surface area (Å²) in [5, 5.41) is 0. The molecular formula is C74H140O6. The quantitative estimate of drug-likeness (QED) is 0.0261. The van der Waals surface area contributed by atoms with Crippen molar-refractivity contribution in [2.75, 3.05) is 13.2 Å². The fraction of sp³-hybridized carbons (Fsp3) is 0.905. The first-order valence-electron chi connectivity index (χ1n) is 36.3. The molecule has 80 heavy (non-hydrogen) atoms. The topological polar surface area (TPSA) is 78.9 Å². The third-order valence-corrected chi connectivity index (χ3v) is 16.7. The second-order valence-electron chi connectivity index (χ2n) is 24.9. The van der Waals surface area contributed by atoms with Crippen LogP contribution >= 0.6 is 0 Å². The molecule has 0 heterocycles. The van der Waals surface area contributed by atoms with E-state index in [9.17, 15) is 14.4 Å². The van der Waals surface area contributed by atoms with Crippen molar-refractivity contribution in [2.45, 2.75) is 419 Å². The predicted molar refractivity (Wildman–Crippen MR) is 349 cm³/mol. The Morgan fingerprint density at radius 3 is 0.700 bits per heavy atom. The summed E-state index contributed by atoms with van der Waals surface area (Å²) in [6, 6.07) is 0. The van der Waals surface area contributed by atoms with Crippen molar-refractivity contribution in [1.29, 1.82) is 0 Å². The minimum absolute atomic E-state index is 0.0680. The van der Waals surface area contributed by atoms with E-state index in [1.54, 1.807) is 0 Å². The van der Waals surface area contributed by atoms with Gasteiger partial charge in [-0.3, -0.25) is 14.4 Å². The Morgan fingerprint density at radius 2 is 0.450 bits per heavy atom. The van der Waals surface area contributed by atoms with E-state index in [0.717, 1.165) is 70.6 Å². The standard InChI is InChI=1S/C74H140O6/c1-4-7-10-13-16-19-22-25-28-31-33-34-35-36-37-38-39-40-41-44-46-49-52-55-58-61-64-67-73(76)79-70-71(69-78-72(75)66-63-60-57-54-51-48-45-42-30-27-24-21-18-15-12-9-6-3)80-74(77)68-65-62-59-56-53-50-47-43-32-29-26-23-20-17-14-11-8-5-2/h20,23,29,32,71H,4-19,21-22,24-28,30-31,33-70H2,1-3H3/b23-20-,32-29-. The van der Waals surface area contributed by atoms with Gasteiger partial charge in [0.1, 0.15) is 13.2 Å². The van der Waals surface area contributed by atoms with E-state index in [-0.39, 0.29) is 31.1 Å². The lowest BCUT2D eigenvalue weighted by Gasteiger charge is -2.18. The number of carbonyl (C=O) groups is 3. The number of unbranched alkanes of at least 4 members (excludes halogenated alkanes) is 53. The van der Waals surface area contributed by atoms with Crippen molar-refractivity contribution < 1.29 is 28.6 Å². The molecule has 0 bridgehead atoms. The van der Waals surface area contributed by atoms with Gasteiger partial charge < -0.3 is 14.2 Å². The van der Waals surface area contributed by atoms with Crippen LogP contribution in [0.15, 0.2) is 24.3 Å². The molecule has 1 atom stereocenters. The summed E-state index contributed by atoms with van der Waals surface area (Å²) in [6.07, 6.45) is 85.0. The van der Waals surface area contributed by atoms with Crippen molar-refractivity contribution in [3.8, 4) is 0 Å². The fourth-order valence-corrected chi connectivity index (χ4v) is 11.2. The van der Waals surface area contributed by atoms with E-state index in [1.165, 1.54) is 302 Å². The van der Waals surface area contributed by atoms with Gasteiger partial charge in [0, 0.05) is 19.3 Å². The van der Waals surface area contributed by atoms with Crippen molar-refractivity contribution in [1.82, 2.24) is 0 Å². The Bertz CT molecular complexity index is 1290. The van der Waals surface area contributed by atoms with E-state index in [0.29, 0.717) is 19.3 Å². The molecule has 0 aromatic carbocycles. The highest BCUT2D eigenvalue weighted by molar-refractivity contribution is 5.71. The lowest BCUT2D eigenvalue weighted by molar-refractivity contribution is -0.167. The Hall–Kier alpha value is -2.11. The molecule has 0 N–H and O–H groups in total. The summed E-state index contributed by atoms with van der Waals surface area (Å²) in [7, 11) is 0. The average molecular weight is 1130 g/mol. The minimum Gasteiger partial charge on any atom is -0.462 e. The molecule has 1 unspecified atom stereocenters. The molecule has 0 aliphatic rings. The summed E-state index contributed by atoms with van der Waals surface area (Å²) in [6.45, 7) is 6.71. The second-order valence-corrected chi connectivity index (χ2v) is 24.9. The first-order chi connectivity index (χ1) is 39.5. The summed E-state index contributed by atoms with van der Waals surface area (Å²) in [5.41, 5.74) is 0. The summed E-state index contributed by atoms with van der Waals surface area (Å²) < 4.78 is 17.0. The number of rotatable bonds is 68. The number of esters is 3. The van der Waals surface area contributed by atoms with E-state index >= 15 is 0 Å². The van der Waals surface area contributed by atoms with E-state index < -0.39 is 6.10 Å². The van der Waals surface area contributed by atoms with E-state index in [4.69, 9.17) is 14.2 Å². The van der Waals surface area contributed by atoms with Gasteiger partial charge >= 0.3 is 17.9 Å². The zero-order valence-corrected chi connectivity index (χ0v) is 54.4. The molecule has 0 fully saturated rings. The maximum absolute atomic E-state index is 12.9. The van der Waals surface area contributed by atoms with Gasteiger partial charge in [-0.2, -0.15) is 0 Å². The first kappa shape index (κ1) is 77.9. The monoisotopic (exact) mass is 1130 g/mol. The highest BCUT2D eigenvalue weighted by Crippen LogP contribution is 2.19. The third kappa shape index (κ3) is 66.7. The van der Waals surface area contributed by atoms with E-state index in [2.05, 4.69) is 45.1 Å². The molecule has 6 heteroatoms. The molecule has 0 aromatic heterocycles. The maximum atomic E-state index is 12.9. The van der Waals surface area contributed by atoms with Crippen LogP contribution in [0.4, 0.5) is 0 Å². The van der Waals surface area contributed by atoms with Crippen LogP contribution in [0, 0.1) is 0 Å². The molecule has 472 valence electrons. The third-order valence-electron chi connectivity index (χ3n) is 16.7. The zero-order valence-electron chi connectivity index (χ0n) is 54.4. The molecule has 0 aliphatic carbocycles. The minimum atomic E-state index is -0.773. The van der Waals surface area contributed by atoms with Crippen LogP contribution in [-0.2, 0) is 28.6 Å². The zero-order chi connectivity index (χ0) is 57.8. The fourth-order valence-electron chi connectivity index (χ4n) is 11.2. The maximum Gasteiger partial charge on any atom is 0.306 e. The first-order valence-corrected chi connectivity index (χ1v) is 36.3. The van der Waals surface area contributed by atoms with Crippen LogP contribution in [0.5, 0.6) is 0 Å². The lowest BCUT2D eigenvalue weighted by Crippen LogP contribution is -2.30. The molecule has 6 nitrogen and oxygen atoms in total. The normalized spacial score (nSPS) is 12.1. The predicted octanol–water partition coefficient (Wildman–Crippen LogP) is 25.0. The van der Waals surface area contributed by atoms with Gasteiger partial charge in [-0.15, -0.1) is 0 Å². The van der Waals surface area contributed by atoms with Gasteiger partial charge in [0.15, 0.2) is 6.10 Å². The SMILES string of the molecule is CCCCCC/C=C\C/C=C\CCCCCCCCCC(=O)OC(COC(=O)CCCCCCCCCCCCCCCCCCC)COC(=O)CCCCCCCCCCCCCCCCCCCCCCCCCCCCC. The van der Waals surface area contributed by atoms with Crippen molar-refractivity contribution in [2.24, 2.45) is 0 Å². The molecule has 0 amide bonds. The van der Waals surface area contributed by atoms with Gasteiger partial charge in [-0.05, 0) is 51.4 Å². The van der Waals surface area contributed by atoms with Crippen molar-refractivity contribution in [3.05, 3.63) is 24.3 Å². The molecule has 0 saturated carbocycles. The largest absolute Gasteiger partial charge is 0.462 e. The summed E-state index contributed by atoms with van der Waals surface area (Å²) in [5.74, 6) is -0.841. The van der Waals surface area contributed by atoms with Crippen molar-refractivity contribution in [3.63, 3.8) is 0 Å². The Kier molecular flexibility index (Phi) is 67.6. The highest BCUT2D eigenvalue weighted by atomic mass is 16.6. The van der Waals surface area contributed by atoms with E-state index in [1.807, 2.05) is 0 Å². The van der Waals surface area contributed by atoms with Crippen molar-refractivity contribution >= 4 is 17.9 Å². The van der Waals surface area contributed by atoms with Gasteiger partial charge in [0.2, 0.25) is 0 Å². The molecule has 0 aromatic rings. The average Bonchev–Trinajstić information content (AvgIpc) is 3.46. The Balaban J connectivity index is 4.23. The molecule has 0 saturated heterocycles. The Morgan fingerprint density at radius 1 is 0.250 bits per heavy atom. The highest BCUT2D eigenvalue weighted by Gasteiger charge is 2.19. The smallest absolute Gasteiger partial charge is 0.306 e. The molecule has 0 spiro atoms. The van der Waals surface area contributed by atoms with Crippen LogP contribution in [0.1, 0.15) is 412 Å².